The number of phenols is 1. The molecular formula is C18H27NO2. The van der Waals surface area contributed by atoms with Crippen LogP contribution in [0.2, 0.25) is 0 Å². The number of hydrogen-bond donors (Lipinski definition) is 1. The molecule has 1 saturated carbocycles. The lowest BCUT2D eigenvalue weighted by Crippen LogP contribution is -2.46. The van der Waals surface area contributed by atoms with Crippen LogP contribution in [-0.2, 0) is 6.54 Å². The Balaban J connectivity index is 1.74. The van der Waals surface area contributed by atoms with Crippen molar-refractivity contribution < 1.29 is 9.84 Å². The van der Waals surface area contributed by atoms with Crippen molar-refractivity contribution in [3.8, 4) is 11.5 Å². The SMILES string of the molecule is CCOc1cccc(CN2CCC[C@H]3CCCC[C@H]32)c1O. The highest BCUT2D eigenvalue weighted by atomic mass is 16.5. The van der Waals surface area contributed by atoms with Gasteiger partial charge in [-0.25, -0.2) is 0 Å². The maximum atomic E-state index is 10.4. The Morgan fingerprint density at radius 3 is 2.86 bits per heavy atom. The van der Waals surface area contributed by atoms with Crippen molar-refractivity contribution >= 4 is 0 Å². The molecule has 3 rings (SSSR count). The zero-order valence-corrected chi connectivity index (χ0v) is 13.1. The predicted octanol–water partition coefficient (Wildman–Crippen LogP) is 3.95. The molecule has 2 aliphatic rings. The number of para-hydroxylation sites is 1. The Kier molecular flexibility index (Phi) is 4.69. The first-order chi connectivity index (χ1) is 10.3. The first-order valence-corrected chi connectivity index (χ1v) is 8.47. The van der Waals surface area contributed by atoms with Crippen molar-refractivity contribution in [3.63, 3.8) is 0 Å². The molecule has 1 N–H and O–H groups in total. The largest absolute Gasteiger partial charge is 0.504 e. The molecule has 1 aliphatic carbocycles. The summed E-state index contributed by atoms with van der Waals surface area (Å²) in [5.74, 6) is 1.83. The quantitative estimate of drug-likeness (QED) is 0.911. The van der Waals surface area contributed by atoms with E-state index in [-0.39, 0.29) is 0 Å². The number of ether oxygens (including phenoxy) is 1. The zero-order valence-electron chi connectivity index (χ0n) is 13.1. The second-order valence-electron chi connectivity index (χ2n) is 6.42. The van der Waals surface area contributed by atoms with Gasteiger partial charge >= 0.3 is 0 Å². The topological polar surface area (TPSA) is 32.7 Å². The third kappa shape index (κ3) is 3.18. The first-order valence-electron chi connectivity index (χ1n) is 8.47. The molecule has 3 nitrogen and oxygen atoms in total. The molecular weight excluding hydrogens is 262 g/mol. The molecule has 0 amide bonds. The van der Waals surface area contributed by atoms with Crippen LogP contribution in [0.1, 0.15) is 51.0 Å². The van der Waals surface area contributed by atoms with Crippen LogP contribution in [0.15, 0.2) is 18.2 Å². The average Bonchev–Trinajstić information content (AvgIpc) is 2.52. The number of piperidine rings is 1. The predicted molar refractivity (Wildman–Crippen MR) is 84.7 cm³/mol. The van der Waals surface area contributed by atoms with E-state index in [0.717, 1.165) is 24.1 Å². The monoisotopic (exact) mass is 289 g/mol. The minimum atomic E-state index is 0.331. The Morgan fingerprint density at radius 2 is 2.00 bits per heavy atom. The molecule has 1 aromatic carbocycles. The van der Waals surface area contributed by atoms with Gasteiger partial charge in [0, 0.05) is 18.2 Å². The summed E-state index contributed by atoms with van der Waals surface area (Å²) >= 11 is 0. The van der Waals surface area contributed by atoms with E-state index in [9.17, 15) is 5.11 Å². The lowest BCUT2D eigenvalue weighted by Gasteiger charge is -2.44. The van der Waals surface area contributed by atoms with Gasteiger partial charge < -0.3 is 9.84 Å². The smallest absolute Gasteiger partial charge is 0.162 e. The molecule has 0 radical (unpaired) electrons. The van der Waals surface area contributed by atoms with Crippen molar-refractivity contribution in [3.05, 3.63) is 23.8 Å². The highest BCUT2D eigenvalue weighted by Crippen LogP contribution is 2.38. The summed E-state index contributed by atoms with van der Waals surface area (Å²) in [5.41, 5.74) is 1.01. The van der Waals surface area contributed by atoms with E-state index < -0.39 is 0 Å². The standard InChI is InChI=1S/C18H27NO2/c1-2-21-17-11-5-8-15(18(17)20)13-19-12-6-9-14-7-3-4-10-16(14)19/h5,8,11,14,16,20H,2-4,6-7,9-10,12-13H2,1H3/t14-,16-/m1/s1. The van der Waals surface area contributed by atoms with E-state index in [1.54, 1.807) is 0 Å². The number of nitrogens with zero attached hydrogens (tertiary/aromatic N) is 1. The van der Waals surface area contributed by atoms with E-state index in [1.165, 1.54) is 45.1 Å². The van der Waals surface area contributed by atoms with Gasteiger partial charge in [0.05, 0.1) is 6.61 Å². The molecule has 0 bridgehead atoms. The van der Waals surface area contributed by atoms with Crippen molar-refractivity contribution in [1.82, 2.24) is 4.90 Å². The normalized spacial score (nSPS) is 26.3. The third-order valence-electron chi connectivity index (χ3n) is 5.11. The second-order valence-corrected chi connectivity index (χ2v) is 6.42. The van der Waals surface area contributed by atoms with Gasteiger partial charge in [-0.2, -0.15) is 0 Å². The Bertz CT molecular complexity index is 472. The average molecular weight is 289 g/mol. The molecule has 0 unspecified atom stereocenters. The van der Waals surface area contributed by atoms with Gasteiger partial charge in [-0.3, -0.25) is 4.90 Å². The minimum absolute atomic E-state index is 0.331. The summed E-state index contributed by atoms with van der Waals surface area (Å²) in [4.78, 5) is 2.60. The third-order valence-corrected chi connectivity index (χ3v) is 5.11. The molecule has 21 heavy (non-hydrogen) atoms. The Labute approximate surface area is 127 Å². The van der Waals surface area contributed by atoms with Crippen LogP contribution in [0.25, 0.3) is 0 Å². The van der Waals surface area contributed by atoms with Crippen LogP contribution in [0.3, 0.4) is 0 Å². The first kappa shape index (κ1) is 14.7. The zero-order chi connectivity index (χ0) is 14.7. The lowest BCUT2D eigenvalue weighted by atomic mass is 9.78. The van der Waals surface area contributed by atoms with E-state index in [1.807, 2.05) is 25.1 Å². The van der Waals surface area contributed by atoms with Crippen molar-refractivity contribution in [1.29, 1.82) is 0 Å². The number of fused-ring (bicyclic) bond motifs is 1. The van der Waals surface area contributed by atoms with Gasteiger partial charge in [0.2, 0.25) is 0 Å². The number of aromatic hydroxyl groups is 1. The highest BCUT2D eigenvalue weighted by molar-refractivity contribution is 5.45. The molecule has 116 valence electrons. The minimum Gasteiger partial charge on any atom is -0.504 e. The molecule has 3 heteroatoms. The van der Waals surface area contributed by atoms with E-state index in [4.69, 9.17) is 4.74 Å². The number of phenolic OH excluding ortho intramolecular Hbond substituents is 1. The number of hydrogen-bond acceptors (Lipinski definition) is 3. The number of benzene rings is 1. The lowest BCUT2D eigenvalue weighted by molar-refractivity contribution is 0.0540. The summed E-state index contributed by atoms with van der Waals surface area (Å²) in [6.45, 7) is 4.56. The highest BCUT2D eigenvalue weighted by Gasteiger charge is 2.33. The van der Waals surface area contributed by atoms with Gasteiger partial charge in [0.15, 0.2) is 11.5 Å². The van der Waals surface area contributed by atoms with E-state index >= 15 is 0 Å². The number of likely N-dealkylation sites (tertiary alicyclic amines) is 1. The van der Waals surface area contributed by atoms with Crippen LogP contribution in [0, 0.1) is 5.92 Å². The molecule has 0 spiro atoms. The number of rotatable bonds is 4. The van der Waals surface area contributed by atoms with Crippen LogP contribution in [0.4, 0.5) is 0 Å². The van der Waals surface area contributed by atoms with Crippen LogP contribution in [0.5, 0.6) is 11.5 Å². The maximum Gasteiger partial charge on any atom is 0.162 e. The Hall–Kier alpha value is -1.22. The molecule has 1 heterocycles. The molecule has 1 aromatic rings. The molecule has 1 aliphatic heterocycles. The summed E-state index contributed by atoms with van der Waals surface area (Å²) in [6, 6.07) is 6.59. The van der Waals surface area contributed by atoms with Crippen LogP contribution < -0.4 is 4.74 Å². The molecule has 2 atom stereocenters. The van der Waals surface area contributed by atoms with Gasteiger partial charge in [-0.1, -0.05) is 25.0 Å². The molecule has 0 aromatic heterocycles. The summed E-state index contributed by atoms with van der Waals surface area (Å²) in [5, 5.41) is 10.4. The molecule has 2 fully saturated rings. The van der Waals surface area contributed by atoms with Gasteiger partial charge in [0.1, 0.15) is 0 Å². The Morgan fingerprint density at radius 1 is 1.19 bits per heavy atom. The van der Waals surface area contributed by atoms with Gasteiger partial charge in [0.25, 0.3) is 0 Å². The fraction of sp³-hybridized carbons (Fsp3) is 0.667. The fourth-order valence-corrected chi connectivity index (χ4v) is 4.11. The second kappa shape index (κ2) is 6.69. The van der Waals surface area contributed by atoms with Crippen LogP contribution >= 0.6 is 0 Å². The van der Waals surface area contributed by atoms with Gasteiger partial charge in [-0.05, 0) is 51.1 Å². The van der Waals surface area contributed by atoms with E-state index in [2.05, 4.69) is 4.90 Å². The van der Waals surface area contributed by atoms with Crippen molar-refractivity contribution in [2.75, 3.05) is 13.2 Å². The summed E-state index contributed by atoms with van der Waals surface area (Å²) in [7, 11) is 0. The van der Waals surface area contributed by atoms with Crippen molar-refractivity contribution in [2.45, 2.75) is 58.0 Å². The fourth-order valence-electron chi connectivity index (χ4n) is 4.11. The maximum absolute atomic E-state index is 10.4. The summed E-state index contributed by atoms with van der Waals surface area (Å²) < 4.78 is 5.50. The van der Waals surface area contributed by atoms with Gasteiger partial charge in [-0.15, -0.1) is 0 Å². The molecule has 1 saturated heterocycles. The van der Waals surface area contributed by atoms with Crippen molar-refractivity contribution in [2.24, 2.45) is 5.92 Å². The van der Waals surface area contributed by atoms with E-state index in [0.29, 0.717) is 18.1 Å². The van der Waals surface area contributed by atoms with Crippen LogP contribution in [-0.4, -0.2) is 29.2 Å². The summed E-state index contributed by atoms with van der Waals surface area (Å²) in [6.07, 6.45) is 8.19.